The van der Waals surface area contributed by atoms with Gasteiger partial charge < -0.3 is 11.1 Å². The number of amides is 1. The van der Waals surface area contributed by atoms with Crippen LogP contribution in [0.5, 0.6) is 0 Å². The standard InChI is InChI=1S/C17H17N3O/c1-12-5-6-14(4-3-8-18)16(10-12)20-17(21)15-7-9-19-13(2)11-15/h5-7,9-11H,8,18H2,1-2H3,(H,20,21). The van der Waals surface area contributed by atoms with Gasteiger partial charge in [0.25, 0.3) is 5.91 Å². The van der Waals surface area contributed by atoms with Crippen molar-refractivity contribution in [1.29, 1.82) is 0 Å². The maximum absolute atomic E-state index is 12.3. The number of aromatic nitrogens is 1. The fraction of sp³-hybridized carbons (Fsp3) is 0.176. The van der Waals surface area contributed by atoms with Crippen LogP contribution in [-0.4, -0.2) is 17.4 Å². The Labute approximate surface area is 124 Å². The Morgan fingerprint density at radius 3 is 2.81 bits per heavy atom. The van der Waals surface area contributed by atoms with Crippen LogP contribution in [0.1, 0.15) is 27.2 Å². The number of benzene rings is 1. The van der Waals surface area contributed by atoms with Crippen LogP contribution in [0, 0.1) is 25.7 Å². The molecule has 0 spiro atoms. The summed E-state index contributed by atoms with van der Waals surface area (Å²) >= 11 is 0. The number of hydrogen-bond donors (Lipinski definition) is 2. The number of hydrogen-bond acceptors (Lipinski definition) is 3. The minimum Gasteiger partial charge on any atom is -0.321 e. The van der Waals surface area contributed by atoms with E-state index in [2.05, 4.69) is 22.1 Å². The predicted molar refractivity (Wildman–Crippen MR) is 84.0 cm³/mol. The molecule has 1 amide bonds. The minimum atomic E-state index is -0.179. The zero-order chi connectivity index (χ0) is 15.2. The van der Waals surface area contributed by atoms with Gasteiger partial charge in [0.15, 0.2) is 0 Å². The predicted octanol–water partition coefficient (Wildman–Crippen LogP) is 2.26. The number of carbonyl (C=O) groups excluding carboxylic acids is 1. The summed E-state index contributed by atoms with van der Waals surface area (Å²) in [5, 5.41) is 2.89. The van der Waals surface area contributed by atoms with Crippen molar-refractivity contribution in [2.24, 2.45) is 5.73 Å². The van der Waals surface area contributed by atoms with Crippen molar-refractivity contribution in [2.75, 3.05) is 11.9 Å². The van der Waals surface area contributed by atoms with Crippen molar-refractivity contribution in [3.05, 3.63) is 58.9 Å². The topological polar surface area (TPSA) is 68.0 Å². The van der Waals surface area contributed by atoms with E-state index in [1.165, 1.54) is 0 Å². The molecule has 1 aromatic heterocycles. The molecule has 0 saturated heterocycles. The molecule has 0 atom stereocenters. The molecule has 0 fully saturated rings. The third-order valence-corrected chi connectivity index (χ3v) is 2.91. The monoisotopic (exact) mass is 279 g/mol. The number of carbonyl (C=O) groups is 1. The third kappa shape index (κ3) is 3.91. The summed E-state index contributed by atoms with van der Waals surface area (Å²) in [7, 11) is 0. The summed E-state index contributed by atoms with van der Waals surface area (Å²) in [4.78, 5) is 16.4. The van der Waals surface area contributed by atoms with Gasteiger partial charge in [-0.15, -0.1) is 0 Å². The Hall–Kier alpha value is -2.64. The van der Waals surface area contributed by atoms with Crippen LogP contribution in [0.3, 0.4) is 0 Å². The molecule has 2 rings (SSSR count). The Balaban J connectivity index is 2.30. The van der Waals surface area contributed by atoms with Crippen LogP contribution in [-0.2, 0) is 0 Å². The Bertz CT molecular complexity index is 726. The number of nitrogens with one attached hydrogen (secondary N) is 1. The highest BCUT2D eigenvalue weighted by atomic mass is 16.1. The van der Waals surface area contributed by atoms with E-state index in [0.29, 0.717) is 11.3 Å². The van der Waals surface area contributed by atoms with Gasteiger partial charge in [0.2, 0.25) is 0 Å². The highest BCUT2D eigenvalue weighted by Crippen LogP contribution is 2.18. The molecular weight excluding hydrogens is 262 g/mol. The van der Waals surface area contributed by atoms with E-state index in [1.54, 1.807) is 18.3 Å². The van der Waals surface area contributed by atoms with Gasteiger partial charge in [0, 0.05) is 23.0 Å². The second kappa shape index (κ2) is 6.69. The number of anilines is 1. The molecule has 1 heterocycles. The molecule has 4 heteroatoms. The van der Waals surface area contributed by atoms with Gasteiger partial charge in [-0.3, -0.25) is 9.78 Å². The van der Waals surface area contributed by atoms with Crippen LogP contribution >= 0.6 is 0 Å². The van der Waals surface area contributed by atoms with E-state index in [0.717, 1.165) is 16.8 Å². The summed E-state index contributed by atoms with van der Waals surface area (Å²) in [6.07, 6.45) is 1.62. The van der Waals surface area contributed by atoms with Gasteiger partial charge in [-0.2, -0.15) is 0 Å². The third-order valence-electron chi connectivity index (χ3n) is 2.91. The SMILES string of the molecule is Cc1ccc(C#CCN)c(NC(=O)c2ccnc(C)c2)c1. The summed E-state index contributed by atoms with van der Waals surface area (Å²) in [5.41, 5.74) is 9.26. The van der Waals surface area contributed by atoms with E-state index < -0.39 is 0 Å². The van der Waals surface area contributed by atoms with Crippen molar-refractivity contribution in [1.82, 2.24) is 4.98 Å². The lowest BCUT2D eigenvalue weighted by Gasteiger charge is -2.09. The summed E-state index contributed by atoms with van der Waals surface area (Å²) in [6, 6.07) is 9.16. The van der Waals surface area contributed by atoms with Crippen molar-refractivity contribution >= 4 is 11.6 Å². The number of nitrogens with two attached hydrogens (primary N) is 1. The van der Waals surface area contributed by atoms with Gasteiger partial charge in [-0.1, -0.05) is 17.9 Å². The van der Waals surface area contributed by atoms with Crippen molar-refractivity contribution in [3.8, 4) is 11.8 Å². The highest BCUT2D eigenvalue weighted by molar-refractivity contribution is 6.05. The van der Waals surface area contributed by atoms with Crippen molar-refractivity contribution in [2.45, 2.75) is 13.8 Å². The van der Waals surface area contributed by atoms with Crippen molar-refractivity contribution < 1.29 is 4.79 Å². The largest absolute Gasteiger partial charge is 0.321 e. The van der Waals surface area contributed by atoms with E-state index >= 15 is 0 Å². The number of nitrogens with zero attached hydrogens (tertiary/aromatic N) is 1. The average molecular weight is 279 g/mol. The van der Waals surface area contributed by atoms with Crippen LogP contribution in [0.15, 0.2) is 36.5 Å². The van der Waals surface area contributed by atoms with Crippen molar-refractivity contribution in [3.63, 3.8) is 0 Å². The minimum absolute atomic E-state index is 0.179. The first-order chi connectivity index (χ1) is 10.1. The molecule has 0 unspecified atom stereocenters. The second-order valence-electron chi connectivity index (χ2n) is 4.69. The first kappa shape index (κ1) is 14.8. The fourth-order valence-corrected chi connectivity index (χ4v) is 1.90. The van der Waals surface area contributed by atoms with Crippen LogP contribution in [0.2, 0.25) is 0 Å². The summed E-state index contributed by atoms with van der Waals surface area (Å²) < 4.78 is 0. The number of aryl methyl sites for hydroxylation is 2. The zero-order valence-electron chi connectivity index (χ0n) is 12.1. The fourth-order valence-electron chi connectivity index (χ4n) is 1.90. The van der Waals surface area contributed by atoms with Gasteiger partial charge >= 0.3 is 0 Å². The Kier molecular flexibility index (Phi) is 4.70. The molecule has 0 bridgehead atoms. The number of rotatable bonds is 2. The lowest BCUT2D eigenvalue weighted by molar-refractivity contribution is 0.102. The zero-order valence-corrected chi connectivity index (χ0v) is 12.1. The lowest BCUT2D eigenvalue weighted by atomic mass is 10.1. The van der Waals surface area contributed by atoms with Crippen LogP contribution in [0.25, 0.3) is 0 Å². The summed E-state index contributed by atoms with van der Waals surface area (Å²) in [5.74, 6) is 5.59. The van der Waals surface area contributed by atoms with Crippen LogP contribution < -0.4 is 11.1 Å². The average Bonchev–Trinajstić information content (AvgIpc) is 2.46. The van der Waals surface area contributed by atoms with E-state index in [1.807, 2.05) is 32.0 Å². The molecule has 4 nitrogen and oxygen atoms in total. The normalized spacial score (nSPS) is 9.67. The molecule has 1 aromatic carbocycles. The van der Waals surface area contributed by atoms with Gasteiger partial charge in [0.05, 0.1) is 12.2 Å². The van der Waals surface area contributed by atoms with E-state index in [4.69, 9.17) is 5.73 Å². The number of pyridine rings is 1. The first-order valence-corrected chi connectivity index (χ1v) is 6.64. The maximum atomic E-state index is 12.3. The molecular formula is C17H17N3O. The van der Waals surface area contributed by atoms with Gasteiger partial charge in [0.1, 0.15) is 0 Å². The first-order valence-electron chi connectivity index (χ1n) is 6.64. The quantitative estimate of drug-likeness (QED) is 0.829. The molecule has 0 radical (unpaired) electrons. The lowest BCUT2D eigenvalue weighted by Crippen LogP contribution is -2.13. The molecule has 3 N–H and O–H groups in total. The highest BCUT2D eigenvalue weighted by Gasteiger charge is 2.09. The van der Waals surface area contributed by atoms with E-state index in [9.17, 15) is 4.79 Å². The van der Waals surface area contributed by atoms with Gasteiger partial charge in [-0.05, 0) is 43.7 Å². The molecule has 21 heavy (non-hydrogen) atoms. The molecule has 106 valence electrons. The second-order valence-corrected chi connectivity index (χ2v) is 4.69. The smallest absolute Gasteiger partial charge is 0.255 e. The van der Waals surface area contributed by atoms with Crippen LogP contribution in [0.4, 0.5) is 5.69 Å². The summed E-state index contributed by atoms with van der Waals surface area (Å²) in [6.45, 7) is 4.10. The molecule has 0 aliphatic heterocycles. The molecule has 0 saturated carbocycles. The molecule has 2 aromatic rings. The van der Waals surface area contributed by atoms with Gasteiger partial charge in [-0.25, -0.2) is 0 Å². The van der Waals surface area contributed by atoms with E-state index in [-0.39, 0.29) is 12.5 Å². The molecule has 0 aliphatic carbocycles. The molecule has 0 aliphatic rings. The Morgan fingerprint density at radius 1 is 1.29 bits per heavy atom. The maximum Gasteiger partial charge on any atom is 0.255 e. The Morgan fingerprint density at radius 2 is 2.10 bits per heavy atom.